The zero-order valence-electron chi connectivity index (χ0n) is 9.47. The largest absolute Gasteiger partial charge is 0.312 e. The Balaban J connectivity index is 2.27. The summed E-state index contributed by atoms with van der Waals surface area (Å²) in [4.78, 5) is 2.41. The van der Waals surface area contributed by atoms with Crippen LogP contribution in [0.2, 0.25) is 0 Å². The maximum atomic E-state index is 13.5. The summed E-state index contributed by atoms with van der Waals surface area (Å²) in [6.07, 6.45) is 0. The molecular weight excluding hydrogens is 348 g/mol. The fourth-order valence-electron chi connectivity index (χ4n) is 1.56. The van der Waals surface area contributed by atoms with Gasteiger partial charge in [0.1, 0.15) is 5.82 Å². The molecule has 0 atom stereocenters. The monoisotopic (exact) mass is 361 g/mol. The second kappa shape index (κ2) is 5.93. The lowest BCUT2D eigenvalue weighted by Crippen LogP contribution is -2.10. The molecule has 0 aliphatic heterocycles. The van der Waals surface area contributed by atoms with Gasteiger partial charge < -0.3 is 5.32 Å². The summed E-state index contributed by atoms with van der Waals surface area (Å²) in [5, 5.41) is 3.29. The van der Waals surface area contributed by atoms with Gasteiger partial charge in [-0.25, -0.2) is 4.39 Å². The minimum atomic E-state index is -0.148. The summed E-state index contributed by atoms with van der Waals surface area (Å²) in [5.74, 6) is -0.148. The Morgan fingerprint density at radius 2 is 2.12 bits per heavy atom. The minimum Gasteiger partial charge on any atom is -0.312 e. The van der Waals surface area contributed by atoms with Gasteiger partial charge in [0.2, 0.25) is 0 Å². The highest BCUT2D eigenvalue weighted by Crippen LogP contribution is 2.32. The molecule has 0 radical (unpaired) electrons. The lowest BCUT2D eigenvalue weighted by atomic mass is 10.2. The molecule has 1 heterocycles. The summed E-state index contributed by atoms with van der Waals surface area (Å²) in [5.41, 5.74) is 0.985. The normalized spacial score (nSPS) is 10.8. The van der Waals surface area contributed by atoms with Gasteiger partial charge in [-0.15, -0.1) is 11.3 Å². The van der Waals surface area contributed by atoms with Gasteiger partial charge in [0, 0.05) is 21.9 Å². The van der Waals surface area contributed by atoms with Crippen molar-refractivity contribution in [3.63, 3.8) is 0 Å². The van der Waals surface area contributed by atoms with E-state index in [4.69, 9.17) is 0 Å². The second-order valence-electron chi connectivity index (χ2n) is 3.65. The van der Waals surface area contributed by atoms with E-state index < -0.39 is 0 Å². The van der Waals surface area contributed by atoms with Crippen molar-refractivity contribution >= 4 is 33.9 Å². The smallest absolute Gasteiger partial charge is 0.137 e. The average molecular weight is 361 g/mol. The number of hydrogen-bond donors (Lipinski definition) is 1. The first-order valence-electron chi connectivity index (χ1n) is 5.46. The topological polar surface area (TPSA) is 12.0 Å². The van der Waals surface area contributed by atoms with Crippen LogP contribution in [0.4, 0.5) is 4.39 Å². The quantitative estimate of drug-likeness (QED) is 0.803. The lowest BCUT2D eigenvalue weighted by molar-refractivity contribution is 0.621. The third kappa shape index (κ3) is 3.05. The molecule has 2 rings (SSSR count). The van der Waals surface area contributed by atoms with Crippen LogP contribution in [-0.2, 0) is 6.54 Å². The predicted octanol–water partition coefficient (Wildman–Crippen LogP) is 4.27. The molecule has 0 fully saturated rings. The van der Waals surface area contributed by atoms with Crippen LogP contribution < -0.4 is 5.32 Å². The molecule has 0 amide bonds. The van der Waals surface area contributed by atoms with Crippen LogP contribution >= 0.6 is 33.9 Å². The first-order chi connectivity index (χ1) is 8.22. The van der Waals surface area contributed by atoms with Crippen LogP contribution in [0.5, 0.6) is 0 Å². The summed E-state index contributed by atoms with van der Waals surface area (Å²) < 4.78 is 14.2. The fourth-order valence-corrected chi connectivity index (χ4v) is 3.40. The van der Waals surface area contributed by atoms with E-state index in [1.807, 2.05) is 6.07 Å². The van der Waals surface area contributed by atoms with Crippen molar-refractivity contribution in [1.82, 2.24) is 5.32 Å². The van der Waals surface area contributed by atoms with Crippen LogP contribution in [0.15, 0.2) is 30.3 Å². The van der Waals surface area contributed by atoms with Gasteiger partial charge in [-0.3, -0.25) is 0 Å². The lowest BCUT2D eigenvalue weighted by Gasteiger charge is -2.02. The van der Waals surface area contributed by atoms with E-state index in [-0.39, 0.29) is 5.82 Å². The second-order valence-corrected chi connectivity index (χ2v) is 5.89. The molecule has 0 aliphatic carbocycles. The van der Waals surface area contributed by atoms with Crippen molar-refractivity contribution in [3.05, 3.63) is 44.6 Å². The van der Waals surface area contributed by atoms with E-state index in [1.165, 1.54) is 10.9 Å². The maximum Gasteiger partial charge on any atom is 0.137 e. The molecule has 0 saturated heterocycles. The van der Waals surface area contributed by atoms with E-state index in [0.29, 0.717) is 3.57 Å². The zero-order chi connectivity index (χ0) is 12.3. The Hall–Kier alpha value is -0.460. The Morgan fingerprint density at radius 3 is 2.88 bits per heavy atom. The van der Waals surface area contributed by atoms with E-state index in [9.17, 15) is 4.39 Å². The number of benzene rings is 1. The highest BCUT2D eigenvalue weighted by Gasteiger charge is 2.09. The summed E-state index contributed by atoms with van der Waals surface area (Å²) in [7, 11) is 0. The predicted molar refractivity (Wildman–Crippen MR) is 79.8 cm³/mol. The number of nitrogens with one attached hydrogen (secondary N) is 1. The van der Waals surface area contributed by atoms with E-state index in [1.54, 1.807) is 17.4 Å². The van der Waals surface area contributed by atoms with E-state index in [2.05, 4.69) is 47.0 Å². The van der Waals surface area contributed by atoms with Gasteiger partial charge in [0.25, 0.3) is 0 Å². The average Bonchev–Trinajstić information content (AvgIpc) is 2.78. The summed E-state index contributed by atoms with van der Waals surface area (Å²) in [6.45, 7) is 3.93. The molecule has 0 bridgehead atoms. The summed E-state index contributed by atoms with van der Waals surface area (Å²) >= 11 is 3.78. The Morgan fingerprint density at radius 1 is 1.29 bits per heavy atom. The van der Waals surface area contributed by atoms with Gasteiger partial charge in [0.05, 0.1) is 3.57 Å². The summed E-state index contributed by atoms with van der Waals surface area (Å²) in [6, 6.07) is 9.39. The van der Waals surface area contributed by atoms with Crippen molar-refractivity contribution in [1.29, 1.82) is 0 Å². The van der Waals surface area contributed by atoms with Crippen LogP contribution in [-0.4, -0.2) is 6.54 Å². The van der Waals surface area contributed by atoms with Gasteiger partial charge in [-0.1, -0.05) is 19.1 Å². The molecule has 0 spiro atoms. The SMILES string of the molecule is CCNCc1ccc(-c2cccc(F)c2I)s1. The molecule has 4 heteroatoms. The molecule has 0 aliphatic rings. The van der Waals surface area contributed by atoms with Crippen LogP contribution in [0.25, 0.3) is 10.4 Å². The zero-order valence-corrected chi connectivity index (χ0v) is 12.4. The first kappa shape index (κ1) is 13.0. The molecule has 1 aromatic carbocycles. The van der Waals surface area contributed by atoms with Crippen LogP contribution in [0.3, 0.4) is 0 Å². The standard InChI is InChI=1S/C13H13FINS/c1-2-16-8-9-6-7-12(17-9)10-4-3-5-11(14)13(10)15/h3-7,16H,2,8H2,1H3. The molecule has 0 unspecified atom stereocenters. The third-order valence-electron chi connectivity index (χ3n) is 2.43. The Labute approximate surface area is 118 Å². The van der Waals surface area contributed by atoms with Gasteiger partial charge in [-0.2, -0.15) is 0 Å². The van der Waals surface area contributed by atoms with Crippen molar-refractivity contribution in [2.45, 2.75) is 13.5 Å². The Kier molecular flexibility index (Phi) is 4.53. The molecule has 0 saturated carbocycles. The number of halogens is 2. The fraction of sp³-hybridized carbons (Fsp3) is 0.231. The molecule has 2 aromatic rings. The van der Waals surface area contributed by atoms with Gasteiger partial charge in [-0.05, 0) is 47.3 Å². The van der Waals surface area contributed by atoms with Crippen LogP contribution in [0, 0.1) is 9.39 Å². The van der Waals surface area contributed by atoms with Gasteiger partial charge >= 0.3 is 0 Å². The molecule has 1 N–H and O–H groups in total. The van der Waals surface area contributed by atoms with Crippen molar-refractivity contribution in [2.24, 2.45) is 0 Å². The van der Waals surface area contributed by atoms with Crippen molar-refractivity contribution in [3.8, 4) is 10.4 Å². The molecule has 1 aromatic heterocycles. The Bertz CT molecular complexity index is 510. The minimum absolute atomic E-state index is 0.148. The van der Waals surface area contributed by atoms with Gasteiger partial charge in [0.15, 0.2) is 0 Å². The van der Waals surface area contributed by atoms with Crippen molar-refractivity contribution < 1.29 is 4.39 Å². The molecule has 1 nitrogen and oxygen atoms in total. The van der Waals surface area contributed by atoms with E-state index >= 15 is 0 Å². The highest BCUT2D eigenvalue weighted by atomic mass is 127. The highest BCUT2D eigenvalue weighted by molar-refractivity contribution is 14.1. The number of thiophene rings is 1. The molecule has 90 valence electrons. The molecular formula is C13H13FINS. The van der Waals surface area contributed by atoms with Crippen molar-refractivity contribution in [2.75, 3.05) is 6.54 Å². The van der Waals surface area contributed by atoms with E-state index in [0.717, 1.165) is 23.5 Å². The molecule has 17 heavy (non-hydrogen) atoms. The number of hydrogen-bond acceptors (Lipinski definition) is 2. The maximum absolute atomic E-state index is 13.5. The number of rotatable bonds is 4. The third-order valence-corrected chi connectivity index (χ3v) is 4.64. The van der Waals surface area contributed by atoms with Crippen LogP contribution in [0.1, 0.15) is 11.8 Å². The first-order valence-corrected chi connectivity index (χ1v) is 7.35.